The molecule has 2 fully saturated rings. The highest BCUT2D eigenvalue weighted by Crippen LogP contribution is 2.32. The molecule has 0 radical (unpaired) electrons. The number of benzene rings is 1. The molecule has 2 N–H and O–H groups in total. The Morgan fingerprint density at radius 3 is 2.42 bits per heavy atom. The van der Waals surface area contributed by atoms with E-state index in [2.05, 4.69) is 45.7 Å². The predicted octanol–water partition coefficient (Wildman–Crippen LogP) is 3.16. The Labute approximate surface area is 186 Å². The lowest BCUT2D eigenvalue weighted by molar-refractivity contribution is -0.139. The molecule has 4 rings (SSSR count). The van der Waals surface area contributed by atoms with Crippen LogP contribution >= 0.6 is 0 Å². The lowest BCUT2D eigenvalue weighted by atomic mass is 9.98. The van der Waals surface area contributed by atoms with Crippen LogP contribution < -0.4 is 15.5 Å². The van der Waals surface area contributed by atoms with E-state index in [0.29, 0.717) is 6.54 Å². The monoisotopic (exact) mass is 426 g/mol. The molecule has 170 valence electrons. The van der Waals surface area contributed by atoms with E-state index >= 15 is 0 Å². The third kappa shape index (κ3) is 5.59. The lowest BCUT2D eigenvalue weighted by Crippen LogP contribution is -2.47. The molecule has 0 aromatic heterocycles. The van der Waals surface area contributed by atoms with Crippen molar-refractivity contribution in [2.24, 2.45) is 0 Å². The SMILES string of the molecule is CN1CCc2cc([C@H](CNC(=O)C(=O)NC3CCCCCC3)N3CCCCC3)ccc21. The molecule has 0 spiro atoms. The average molecular weight is 427 g/mol. The van der Waals surface area contributed by atoms with Crippen LogP contribution in [0, 0.1) is 0 Å². The van der Waals surface area contributed by atoms with Crippen LogP contribution in [0.4, 0.5) is 5.69 Å². The van der Waals surface area contributed by atoms with E-state index in [1.165, 1.54) is 48.9 Å². The largest absolute Gasteiger partial charge is 0.374 e. The predicted molar refractivity (Wildman–Crippen MR) is 124 cm³/mol. The van der Waals surface area contributed by atoms with Gasteiger partial charge in [0, 0.05) is 31.9 Å². The first-order valence-electron chi connectivity index (χ1n) is 12.3. The summed E-state index contributed by atoms with van der Waals surface area (Å²) >= 11 is 0. The molecule has 6 nitrogen and oxygen atoms in total. The summed E-state index contributed by atoms with van der Waals surface area (Å²) < 4.78 is 0. The van der Waals surface area contributed by atoms with Gasteiger partial charge in [-0.25, -0.2) is 0 Å². The van der Waals surface area contributed by atoms with Gasteiger partial charge < -0.3 is 15.5 Å². The minimum atomic E-state index is -0.493. The van der Waals surface area contributed by atoms with Crippen molar-refractivity contribution in [2.75, 3.05) is 38.1 Å². The first-order chi connectivity index (χ1) is 15.1. The molecule has 6 heteroatoms. The number of nitrogens with one attached hydrogen (secondary N) is 2. The summed E-state index contributed by atoms with van der Waals surface area (Å²) in [5.74, 6) is -0.966. The number of carbonyl (C=O) groups excluding carboxylic acids is 2. The van der Waals surface area contributed by atoms with E-state index in [-0.39, 0.29) is 12.1 Å². The van der Waals surface area contributed by atoms with Gasteiger partial charge in [-0.15, -0.1) is 0 Å². The zero-order valence-corrected chi connectivity index (χ0v) is 19.0. The fourth-order valence-corrected chi connectivity index (χ4v) is 5.43. The highest BCUT2D eigenvalue weighted by molar-refractivity contribution is 6.35. The van der Waals surface area contributed by atoms with Crippen LogP contribution in [0.25, 0.3) is 0 Å². The topological polar surface area (TPSA) is 64.7 Å². The molecule has 1 saturated heterocycles. The Morgan fingerprint density at radius 1 is 0.968 bits per heavy atom. The summed E-state index contributed by atoms with van der Waals surface area (Å²) in [7, 11) is 2.14. The van der Waals surface area contributed by atoms with E-state index in [1.807, 2.05) is 0 Å². The van der Waals surface area contributed by atoms with E-state index in [9.17, 15) is 9.59 Å². The van der Waals surface area contributed by atoms with Crippen LogP contribution in [-0.2, 0) is 16.0 Å². The van der Waals surface area contributed by atoms with Crippen molar-refractivity contribution in [3.63, 3.8) is 0 Å². The van der Waals surface area contributed by atoms with Crippen LogP contribution in [0.15, 0.2) is 18.2 Å². The Kier molecular flexibility index (Phi) is 7.49. The minimum Gasteiger partial charge on any atom is -0.374 e. The van der Waals surface area contributed by atoms with Crippen LogP contribution in [0.2, 0.25) is 0 Å². The molecule has 1 aliphatic carbocycles. The highest BCUT2D eigenvalue weighted by atomic mass is 16.2. The van der Waals surface area contributed by atoms with Gasteiger partial charge in [0.05, 0.1) is 6.04 Å². The van der Waals surface area contributed by atoms with Crippen molar-refractivity contribution < 1.29 is 9.59 Å². The molecule has 1 aromatic carbocycles. The number of likely N-dealkylation sites (N-methyl/N-ethyl adjacent to an activating group) is 1. The summed E-state index contributed by atoms with van der Waals surface area (Å²) in [4.78, 5) is 29.9. The third-order valence-electron chi connectivity index (χ3n) is 7.30. The molecule has 1 saturated carbocycles. The number of piperidine rings is 1. The highest BCUT2D eigenvalue weighted by Gasteiger charge is 2.27. The molecule has 0 bridgehead atoms. The van der Waals surface area contributed by atoms with E-state index in [1.54, 1.807) is 0 Å². The lowest BCUT2D eigenvalue weighted by Gasteiger charge is -2.35. The van der Waals surface area contributed by atoms with Gasteiger partial charge in [-0.3, -0.25) is 14.5 Å². The standard InChI is InChI=1S/C25H38N4O2/c1-28-16-13-20-17-19(11-12-22(20)28)23(29-14-7-4-8-15-29)18-26-24(30)25(31)27-21-9-5-2-3-6-10-21/h11-12,17,21,23H,2-10,13-16,18H2,1H3,(H,26,30)(H,27,31)/t23-/m0/s1. The molecular weight excluding hydrogens is 388 g/mol. The number of carbonyl (C=O) groups is 2. The number of hydrogen-bond donors (Lipinski definition) is 2. The van der Waals surface area contributed by atoms with Crippen LogP contribution in [0.5, 0.6) is 0 Å². The van der Waals surface area contributed by atoms with Crippen molar-refractivity contribution >= 4 is 17.5 Å². The summed E-state index contributed by atoms with van der Waals surface area (Å²) in [6, 6.07) is 7.00. The summed E-state index contributed by atoms with van der Waals surface area (Å²) in [5, 5.41) is 5.93. The molecule has 2 heterocycles. The fourth-order valence-electron chi connectivity index (χ4n) is 5.43. The first kappa shape index (κ1) is 22.1. The quantitative estimate of drug-likeness (QED) is 0.561. The molecular formula is C25H38N4O2. The summed E-state index contributed by atoms with van der Waals surface area (Å²) in [6.07, 6.45) is 11.4. The van der Waals surface area contributed by atoms with Gasteiger partial charge in [-0.2, -0.15) is 0 Å². The maximum absolute atomic E-state index is 12.6. The number of fused-ring (bicyclic) bond motifs is 1. The average Bonchev–Trinajstić information content (AvgIpc) is 2.98. The van der Waals surface area contributed by atoms with Crippen molar-refractivity contribution in [3.05, 3.63) is 29.3 Å². The Bertz CT molecular complexity index is 767. The van der Waals surface area contributed by atoms with Gasteiger partial charge in [0.25, 0.3) is 0 Å². The van der Waals surface area contributed by atoms with Crippen LogP contribution in [-0.4, -0.2) is 56.0 Å². The number of rotatable bonds is 5. The zero-order chi connectivity index (χ0) is 21.6. The maximum Gasteiger partial charge on any atom is 0.309 e. The molecule has 3 aliphatic rings. The number of likely N-dealkylation sites (tertiary alicyclic amines) is 1. The third-order valence-corrected chi connectivity index (χ3v) is 7.30. The molecule has 1 aromatic rings. The Hall–Kier alpha value is -2.08. The van der Waals surface area contributed by atoms with E-state index in [4.69, 9.17) is 0 Å². The van der Waals surface area contributed by atoms with Crippen molar-refractivity contribution in [3.8, 4) is 0 Å². The number of amides is 2. The molecule has 2 amide bonds. The molecule has 0 unspecified atom stereocenters. The van der Waals surface area contributed by atoms with Gasteiger partial charge >= 0.3 is 11.8 Å². The normalized spacial score (nSPS) is 21.3. The van der Waals surface area contributed by atoms with Gasteiger partial charge in [0.2, 0.25) is 0 Å². The van der Waals surface area contributed by atoms with Crippen molar-refractivity contribution in [1.82, 2.24) is 15.5 Å². The van der Waals surface area contributed by atoms with Gasteiger partial charge in [0.15, 0.2) is 0 Å². The van der Waals surface area contributed by atoms with Gasteiger partial charge in [-0.05, 0) is 62.4 Å². The summed E-state index contributed by atoms with van der Waals surface area (Å²) in [6.45, 7) is 3.63. The van der Waals surface area contributed by atoms with E-state index < -0.39 is 11.8 Å². The molecule has 2 aliphatic heterocycles. The fraction of sp³-hybridized carbons (Fsp3) is 0.680. The van der Waals surface area contributed by atoms with Gasteiger partial charge in [-0.1, -0.05) is 44.2 Å². The number of anilines is 1. The minimum absolute atomic E-state index is 0.117. The maximum atomic E-state index is 12.6. The van der Waals surface area contributed by atoms with Crippen LogP contribution in [0.1, 0.15) is 75.0 Å². The van der Waals surface area contributed by atoms with Crippen molar-refractivity contribution in [1.29, 1.82) is 0 Å². The Morgan fingerprint density at radius 2 is 1.68 bits per heavy atom. The zero-order valence-electron chi connectivity index (χ0n) is 19.0. The second kappa shape index (κ2) is 10.5. The smallest absolute Gasteiger partial charge is 0.309 e. The number of hydrogen-bond acceptors (Lipinski definition) is 4. The second-order valence-corrected chi connectivity index (χ2v) is 9.54. The Balaban J connectivity index is 1.40. The van der Waals surface area contributed by atoms with E-state index in [0.717, 1.165) is 51.7 Å². The van der Waals surface area contributed by atoms with Gasteiger partial charge in [0.1, 0.15) is 0 Å². The first-order valence-corrected chi connectivity index (χ1v) is 12.3. The summed E-state index contributed by atoms with van der Waals surface area (Å²) in [5.41, 5.74) is 3.95. The number of nitrogens with zero attached hydrogens (tertiary/aromatic N) is 2. The second-order valence-electron chi connectivity index (χ2n) is 9.54. The molecule has 31 heavy (non-hydrogen) atoms. The van der Waals surface area contributed by atoms with Crippen molar-refractivity contribution in [2.45, 2.75) is 76.3 Å². The molecule has 1 atom stereocenters. The van der Waals surface area contributed by atoms with Crippen LogP contribution in [0.3, 0.4) is 0 Å².